The molecule has 21 heavy (non-hydrogen) atoms. The van der Waals surface area contributed by atoms with Gasteiger partial charge >= 0.3 is 0 Å². The molecule has 0 saturated heterocycles. The first-order valence-corrected chi connectivity index (χ1v) is 7.35. The highest BCUT2D eigenvalue weighted by molar-refractivity contribution is 7.80. The molecule has 1 heterocycles. The highest BCUT2D eigenvalue weighted by Crippen LogP contribution is 2.33. The third-order valence-corrected chi connectivity index (χ3v) is 3.98. The van der Waals surface area contributed by atoms with E-state index in [4.69, 9.17) is 29.6 Å². The first-order chi connectivity index (χ1) is 10.1. The Hall–Kier alpha value is -1.83. The van der Waals surface area contributed by atoms with Gasteiger partial charge in [-0.1, -0.05) is 23.8 Å². The van der Waals surface area contributed by atoms with Crippen LogP contribution in [0.25, 0.3) is 11.0 Å². The molecule has 0 amide bonds. The van der Waals surface area contributed by atoms with E-state index in [-0.39, 0.29) is 10.7 Å². The molecule has 8 heteroatoms. The van der Waals surface area contributed by atoms with Crippen LogP contribution in [0.4, 0.5) is 15.8 Å². The van der Waals surface area contributed by atoms with Crippen molar-refractivity contribution in [1.82, 2.24) is 8.75 Å². The van der Waals surface area contributed by atoms with Crippen LogP contribution in [0.15, 0.2) is 30.3 Å². The second kappa shape index (κ2) is 5.51. The van der Waals surface area contributed by atoms with Crippen LogP contribution in [-0.2, 0) is 0 Å². The van der Waals surface area contributed by atoms with Gasteiger partial charge in [0.05, 0.1) is 28.1 Å². The van der Waals surface area contributed by atoms with Crippen LogP contribution in [0.3, 0.4) is 0 Å². The zero-order chi connectivity index (χ0) is 15.0. The lowest BCUT2D eigenvalue weighted by atomic mass is 10.2. The second-order valence-corrected chi connectivity index (χ2v) is 5.61. The molecule has 3 N–H and O–H groups in total. The summed E-state index contributed by atoms with van der Waals surface area (Å²) in [7, 11) is 0. The Bertz CT molecular complexity index is 849. The lowest BCUT2D eigenvalue weighted by molar-refractivity contribution is 0.631. The summed E-state index contributed by atoms with van der Waals surface area (Å²) in [5.74, 6) is -0.475. The number of fused-ring (bicyclic) bond motifs is 1. The van der Waals surface area contributed by atoms with Gasteiger partial charge in [-0.2, -0.15) is 8.75 Å². The molecule has 0 aliphatic carbocycles. The Labute approximate surface area is 134 Å². The molecule has 1 aromatic heterocycles. The summed E-state index contributed by atoms with van der Waals surface area (Å²) in [4.78, 5) is 0.143. The van der Waals surface area contributed by atoms with E-state index in [1.807, 2.05) is 0 Å². The van der Waals surface area contributed by atoms with E-state index >= 15 is 0 Å². The summed E-state index contributed by atoms with van der Waals surface area (Å²) in [6, 6.07) is 7.92. The Morgan fingerprint density at radius 3 is 2.81 bits per heavy atom. The van der Waals surface area contributed by atoms with Gasteiger partial charge in [0, 0.05) is 5.56 Å². The molecule has 3 aromatic rings. The zero-order valence-corrected chi connectivity index (χ0v) is 12.8. The van der Waals surface area contributed by atoms with Crippen LogP contribution in [0.1, 0.15) is 5.56 Å². The molecular weight excluding hydrogens is 331 g/mol. The zero-order valence-electron chi connectivity index (χ0n) is 10.4. The number of thiocarbonyl (C=S) groups is 1. The standard InChI is InChI=1S/C13H8ClFN4S2/c14-7-2-4-10-12(19-21-18-10)11(7)17-9-3-1-6(13(16)20)5-8(9)15/h1-5,17H,(H2,16,20). The van der Waals surface area contributed by atoms with Crippen molar-refractivity contribution in [2.24, 2.45) is 5.73 Å². The average Bonchev–Trinajstić information content (AvgIpc) is 2.92. The van der Waals surface area contributed by atoms with E-state index in [2.05, 4.69) is 14.1 Å². The van der Waals surface area contributed by atoms with Gasteiger partial charge in [-0.05, 0) is 30.3 Å². The molecule has 0 saturated carbocycles. The maximum Gasteiger partial charge on any atom is 0.147 e. The maximum absolute atomic E-state index is 14.1. The topological polar surface area (TPSA) is 63.8 Å². The molecule has 4 nitrogen and oxygen atoms in total. The summed E-state index contributed by atoms with van der Waals surface area (Å²) in [6.07, 6.45) is 0. The number of nitrogens with zero attached hydrogens (tertiary/aromatic N) is 2. The van der Waals surface area contributed by atoms with Gasteiger partial charge in [0.2, 0.25) is 0 Å². The van der Waals surface area contributed by atoms with E-state index in [1.54, 1.807) is 24.3 Å². The minimum Gasteiger partial charge on any atom is -0.389 e. The fourth-order valence-electron chi connectivity index (χ4n) is 1.85. The number of hydrogen-bond donors (Lipinski definition) is 2. The maximum atomic E-state index is 14.1. The van der Waals surface area contributed by atoms with Crippen molar-refractivity contribution in [2.75, 3.05) is 5.32 Å². The molecule has 106 valence electrons. The number of anilines is 2. The quantitative estimate of drug-likeness (QED) is 0.710. The van der Waals surface area contributed by atoms with E-state index in [0.717, 1.165) is 11.7 Å². The molecular formula is C13H8ClFN4S2. The van der Waals surface area contributed by atoms with Gasteiger partial charge in [-0.3, -0.25) is 0 Å². The van der Waals surface area contributed by atoms with E-state index in [0.29, 0.717) is 27.3 Å². The first-order valence-electron chi connectivity index (χ1n) is 5.83. The first kappa shape index (κ1) is 14.1. The van der Waals surface area contributed by atoms with E-state index in [9.17, 15) is 4.39 Å². The molecule has 0 aliphatic rings. The fourth-order valence-corrected chi connectivity index (χ4v) is 2.72. The molecule has 0 atom stereocenters. The lowest BCUT2D eigenvalue weighted by Crippen LogP contribution is -2.10. The Morgan fingerprint density at radius 1 is 1.29 bits per heavy atom. The van der Waals surface area contributed by atoms with Crippen LogP contribution in [0.2, 0.25) is 5.02 Å². The Morgan fingerprint density at radius 2 is 2.10 bits per heavy atom. The van der Waals surface area contributed by atoms with Crippen LogP contribution < -0.4 is 11.1 Å². The fraction of sp³-hybridized carbons (Fsp3) is 0. The van der Waals surface area contributed by atoms with Gasteiger partial charge in [0.15, 0.2) is 0 Å². The number of rotatable bonds is 3. The smallest absolute Gasteiger partial charge is 0.147 e. The largest absolute Gasteiger partial charge is 0.389 e. The third-order valence-electron chi connectivity index (χ3n) is 2.89. The number of halogens is 2. The number of nitrogens with two attached hydrogens (primary N) is 1. The number of aromatic nitrogens is 2. The minimum atomic E-state index is -0.475. The SMILES string of the molecule is NC(=S)c1ccc(Nc2c(Cl)ccc3nsnc23)c(F)c1. The minimum absolute atomic E-state index is 0.143. The number of nitrogens with one attached hydrogen (secondary N) is 1. The van der Waals surface area contributed by atoms with E-state index in [1.165, 1.54) is 6.07 Å². The van der Waals surface area contributed by atoms with Crippen LogP contribution >= 0.6 is 35.5 Å². The predicted octanol–water partition coefficient (Wildman–Crippen LogP) is 3.86. The van der Waals surface area contributed by atoms with Gasteiger partial charge in [0.1, 0.15) is 21.8 Å². The molecule has 3 rings (SSSR count). The van der Waals surface area contributed by atoms with Crippen molar-refractivity contribution >= 4 is 62.9 Å². The van der Waals surface area contributed by atoms with E-state index < -0.39 is 5.82 Å². The molecule has 0 fully saturated rings. The molecule has 0 unspecified atom stereocenters. The predicted molar refractivity (Wildman–Crippen MR) is 88.0 cm³/mol. The third kappa shape index (κ3) is 2.67. The van der Waals surface area contributed by atoms with Crippen molar-refractivity contribution in [2.45, 2.75) is 0 Å². The monoisotopic (exact) mass is 338 g/mol. The molecule has 0 radical (unpaired) electrons. The van der Waals surface area contributed by atoms with Crippen molar-refractivity contribution in [3.05, 3.63) is 46.7 Å². The van der Waals surface area contributed by atoms with Gasteiger partial charge < -0.3 is 11.1 Å². The van der Waals surface area contributed by atoms with Gasteiger partial charge in [-0.25, -0.2) is 4.39 Å². The highest BCUT2D eigenvalue weighted by atomic mass is 35.5. The van der Waals surface area contributed by atoms with Crippen LogP contribution in [-0.4, -0.2) is 13.7 Å². The van der Waals surface area contributed by atoms with Crippen LogP contribution in [0.5, 0.6) is 0 Å². The highest BCUT2D eigenvalue weighted by Gasteiger charge is 2.12. The molecule has 0 aliphatic heterocycles. The Balaban J connectivity index is 2.04. The number of benzene rings is 2. The van der Waals surface area contributed by atoms with Crippen molar-refractivity contribution < 1.29 is 4.39 Å². The molecule has 2 aromatic carbocycles. The number of hydrogen-bond acceptors (Lipinski definition) is 5. The summed E-state index contributed by atoms with van der Waals surface area (Å²) < 4.78 is 22.4. The summed E-state index contributed by atoms with van der Waals surface area (Å²) in [5.41, 5.74) is 8.02. The Kier molecular flexibility index (Phi) is 3.71. The molecule has 0 spiro atoms. The van der Waals surface area contributed by atoms with Gasteiger partial charge in [0.25, 0.3) is 0 Å². The van der Waals surface area contributed by atoms with Crippen molar-refractivity contribution in [3.8, 4) is 0 Å². The summed E-state index contributed by atoms with van der Waals surface area (Å²) in [5, 5.41) is 3.39. The summed E-state index contributed by atoms with van der Waals surface area (Å²) >= 11 is 12.0. The summed E-state index contributed by atoms with van der Waals surface area (Å²) in [6.45, 7) is 0. The van der Waals surface area contributed by atoms with Gasteiger partial charge in [-0.15, -0.1) is 0 Å². The second-order valence-electron chi connectivity index (χ2n) is 4.24. The normalized spacial score (nSPS) is 10.8. The molecule has 0 bridgehead atoms. The van der Waals surface area contributed by atoms with Crippen LogP contribution in [0, 0.1) is 5.82 Å². The average molecular weight is 339 g/mol. The van der Waals surface area contributed by atoms with Crippen molar-refractivity contribution in [1.29, 1.82) is 0 Å². The van der Waals surface area contributed by atoms with Crippen molar-refractivity contribution in [3.63, 3.8) is 0 Å². The lowest BCUT2D eigenvalue weighted by Gasteiger charge is -2.10.